The summed E-state index contributed by atoms with van der Waals surface area (Å²) in [5.74, 6) is -1.59. The minimum Gasteiger partial charge on any atom is -0.394 e. The largest absolute Gasteiger partial charge is 0.394 e. The van der Waals surface area contributed by atoms with Gasteiger partial charge in [0.2, 0.25) is 5.79 Å². The Morgan fingerprint density at radius 2 is 1.61 bits per heavy atom. The van der Waals surface area contributed by atoms with Gasteiger partial charge < -0.3 is 25.2 Å². The highest BCUT2D eigenvalue weighted by Crippen LogP contribution is 2.34. The molecule has 1 fully saturated rings. The standard InChI is InChI=1S/C16H32O7/c1-3-5-6-7-8-9-10-21-23-16(4-2)15(20)14(19)13(18)12(11-17)22-16/h12-15,17-20H,3-11H2,1-2H3/t12-,13-,14+,15-,16+/m1/s1. The summed E-state index contributed by atoms with van der Waals surface area (Å²) < 4.78 is 5.47. The lowest BCUT2D eigenvalue weighted by molar-refractivity contribution is -0.479. The van der Waals surface area contributed by atoms with Crippen LogP contribution in [0, 0.1) is 0 Å². The summed E-state index contributed by atoms with van der Waals surface area (Å²) in [6, 6.07) is 0. The average molecular weight is 336 g/mol. The van der Waals surface area contributed by atoms with Gasteiger partial charge in [-0.1, -0.05) is 46.0 Å². The molecule has 23 heavy (non-hydrogen) atoms. The zero-order valence-electron chi connectivity index (χ0n) is 14.2. The van der Waals surface area contributed by atoms with Crippen LogP contribution in [0.2, 0.25) is 0 Å². The minimum absolute atomic E-state index is 0.199. The molecule has 0 amide bonds. The van der Waals surface area contributed by atoms with Crippen molar-refractivity contribution in [1.82, 2.24) is 0 Å². The SMILES string of the molecule is CCCCCCCCOO[C@]1(CC)O[C@H](CO)[C@@H](O)[C@H](O)[C@H]1O. The molecule has 0 bridgehead atoms. The monoisotopic (exact) mass is 336 g/mol. The lowest BCUT2D eigenvalue weighted by atomic mass is 9.91. The van der Waals surface area contributed by atoms with E-state index in [9.17, 15) is 20.4 Å². The molecule has 1 aliphatic heterocycles. The molecule has 7 heteroatoms. The first-order chi connectivity index (χ1) is 11.0. The van der Waals surface area contributed by atoms with Gasteiger partial charge >= 0.3 is 0 Å². The average Bonchev–Trinajstić information content (AvgIpc) is 2.57. The smallest absolute Gasteiger partial charge is 0.230 e. The van der Waals surface area contributed by atoms with Gasteiger partial charge in [0.05, 0.1) is 13.2 Å². The molecule has 0 aliphatic carbocycles. The van der Waals surface area contributed by atoms with E-state index in [0.717, 1.165) is 19.3 Å². The van der Waals surface area contributed by atoms with Crippen LogP contribution in [-0.2, 0) is 14.5 Å². The molecule has 1 heterocycles. The Hall–Kier alpha value is -0.280. The van der Waals surface area contributed by atoms with Crippen molar-refractivity contribution in [3.8, 4) is 0 Å². The minimum atomic E-state index is -1.59. The highest BCUT2D eigenvalue weighted by Gasteiger charge is 2.54. The van der Waals surface area contributed by atoms with E-state index >= 15 is 0 Å². The maximum absolute atomic E-state index is 10.1. The van der Waals surface area contributed by atoms with Crippen LogP contribution in [0.1, 0.15) is 58.8 Å². The van der Waals surface area contributed by atoms with Crippen LogP contribution < -0.4 is 0 Å². The maximum Gasteiger partial charge on any atom is 0.230 e. The second kappa shape index (κ2) is 10.6. The number of unbranched alkanes of at least 4 members (excludes halogenated alkanes) is 5. The fraction of sp³-hybridized carbons (Fsp3) is 1.00. The molecule has 0 aromatic heterocycles. The van der Waals surface area contributed by atoms with E-state index in [1.165, 1.54) is 19.3 Å². The van der Waals surface area contributed by atoms with Crippen molar-refractivity contribution >= 4 is 0 Å². The van der Waals surface area contributed by atoms with Crippen LogP contribution in [-0.4, -0.2) is 63.8 Å². The van der Waals surface area contributed by atoms with Crippen molar-refractivity contribution < 1.29 is 34.9 Å². The summed E-state index contributed by atoms with van der Waals surface area (Å²) >= 11 is 0. The number of ether oxygens (including phenoxy) is 1. The molecule has 0 spiro atoms. The second-order valence-corrected chi connectivity index (χ2v) is 6.10. The van der Waals surface area contributed by atoms with Crippen LogP contribution in [0.25, 0.3) is 0 Å². The van der Waals surface area contributed by atoms with E-state index in [0.29, 0.717) is 6.61 Å². The molecule has 0 aromatic carbocycles. The van der Waals surface area contributed by atoms with E-state index in [1.54, 1.807) is 6.92 Å². The molecule has 0 unspecified atom stereocenters. The molecule has 1 saturated heterocycles. The quantitative estimate of drug-likeness (QED) is 0.252. The number of aliphatic hydroxyl groups is 4. The van der Waals surface area contributed by atoms with Gasteiger partial charge in [0, 0.05) is 6.42 Å². The second-order valence-electron chi connectivity index (χ2n) is 6.10. The van der Waals surface area contributed by atoms with Crippen molar-refractivity contribution in [2.24, 2.45) is 0 Å². The topological polar surface area (TPSA) is 109 Å². The molecule has 1 aliphatic rings. The normalized spacial score (nSPS) is 34.7. The molecule has 0 aromatic rings. The van der Waals surface area contributed by atoms with Crippen molar-refractivity contribution in [2.45, 2.75) is 89.0 Å². The molecule has 7 nitrogen and oxygen atoms in total. The molecular weight excluding hydrogens is 304 g/mol. The molecule has 4 N–H and O–H groups in total. The Kier molecular flexibility index (Phi) is 9.53. The molecule has 1 rings (SSSR count). The van der Waals surface area contributed by atoms with Gasteiger partial charge in [-0.15, -0.1) is 0 Å². The Balaban J connectivity index is 2.41. The lowest BCUT2D eigenvalue weighted by Crippen LogP contribution is -2.65. The van der Waals surface area contributed by atoms with Gasteiger partial charge in [0.1, 0.15) is 24.4 Å². The molecular formula is C16H32O7. The Morgan fingerprint density at radius 1 is 0.957 bits per heavy atom. The predicted octanol–water partition coefficient (Wildman–Crippen LogP) is 0.875. The summed E-state index contributed by atoms with van der Waals surface area (Å²) in [5.41, 5.74) is 0. The summed E-state index contributed by atoms with van der Waals surface area (Å²) in [4.78, 5) is 10.4. The predicted molar refractivity (Wildman–Crippen MR) is 83.4 cm³/mol. The summed E-state index contributed by atoms with van der Waals surface area (Å²) in [7, 11) is 0. The van der Waals surface area contributed by atoms with Crippen LogP contribution in [0.15, 0.2) is 0 Å². The van der Waals surface area contributed by atoms with E-state index in [4.69, 9.17) is 14.5 Å². The maximum atomic E-state index is 10.1. The first-order valence-electron chi connectivity index (χ1n) is 8.65. The van der Waals surface area contributed by atoms with Crippen LogP contribution >= 0.6 is 0 Å². The van der Waals surface area contributed by atoms with E-state index < -0.39 is 36.8 Å². The first kappa shape index (κ1) is 20.8. The molecule has 0 radical (unpaired) electrons. The molecule has 0 saturated carbocycles. The molecule has 138 valence electrons. The van der Waals surface area contributed by atoms with Crippen molar-refractivity contribution in [2.75, 3.05) is 13.2 Å². The van der Waals surface area contributed by atoms with Gasteiger partial charge in [-0.25, -0.2) is 4.89 Å². The zero-order valence-corrected chi connectivity index (χ0v) is 14.2. The van der Waals surface area contributed by atoms with Gasteiger partial charge in [-0.2, -0.15) is 4.89 Å². The summed E-state index contributed by atoms with van der Waals surface area (Å²) in [5, 5.41) is 39.0. The van der Waals surface area contributed by atoms with Crippen LogP contribution in [0.3, 0.4) is 0 Å². The van der Waals surface area contributed by atoms with E-state index in [1.807, 2.05) is 0 Å². The van der Waals surface area contributed by atoms with Gasteiger partial charge in [-0.05, 0) is 6.42 Å². The van der Waals surface area contributed by atoms with Gasteiger partial charge in [0.15, 0.2) is 0 Å². The van der Waals surface area contributed by atoms with Crippen LogP contribution in [0.5, 0.6) is 0 Å². The van der Waals surface area contributed by atoms with Crippen molar-refractivity contribution in [3.05, 3.63) is 0 Å². The fourth-order valence-corrected chi connectivity index (χ4v) is 2.71. The van der Waals surface area contributed by atoms with Crippen LogP contribution in [0.4, 0.5) is 0 Å². The summed E-state index contributed by atoms with van der Waals surface area (Å²) in [6.07, 6.45) is 1.50. The number of hydrogen-bond donors (Lipinski definition) is 4. The van der Waals surface area contributed by atoms with E-state index in [-0.39, 0.29) is 6.42 Å². The lowest BCUT2D eigenvalue weighted by Gasteiger charge is -2.46. The highest BCUT2D eigenvalue weighted by molar-refractivity contribution is 4.95. The fourth-order valence-electron chi connectivity index (χ4n) is 2.71. The van der Waals surface area contributed by atoms with Crippen molar-refractivity contribution in [1.29, 1.82) is 0 Å². The number of hydrogen-bond acceptors (Lipinski definition) is 7. The highest BCUT2D eigenvalue weighted by atomic mass is 17.2. The van der Waals surface area contributed by atoms with E-state index in [2.05, 4.69) is 6.92 Å². The third kappa shape index (κ3) is 5.63. The number of aliphatic hydroxyl groups excluding tert-OH is 4. The summed E-state index contributed by atoms with van der Waals surface area (Å²) in [6.45, 7) is 3.73. The third-order valence-electron chi connectivity index (χ3n) is 4.31. The third-order valence-corrected chi connectivity index (χ3v) is 4.31. The Bertz CT molecular complexity index is 313. The Labute approximate surface area is 138 Å². The van der Waals surface area contributed by atoms with Crippen molar-refractivity contribution in [3.63, 3.8) is 0 Å². The Morgan fingerprint density at radius 3 is 2.22 bits per heavy atom. The first-order valence-corrected chi connectivity index (χ1v) is 8.65. The zero-order chi connectivity index (χ0) is 17.3. The number of rotatable bonds is 11. The van der Waals surface area contributed by atoms with Gasteiger partial charge in [0.25, 0.3) is 0 Å². The molecule has 5 atom stereocenters. The van der Waals surface area contributed by atoms with Gasteiger partial charge in [-0.3, -0.25) is 0 Å².